The van der Waals surface area contributed by atoms with Gasteiger partial charge in [0.1, 0.15) is 0 Å². The maximum absolute atomic E-state index is 12.5. The number of hydrogen-bond donors (Lipinski definition) is 1. The highest BCUT2D eigenvalue weighted by molar-refractivity contribution is 9.10. The fourth-order valence-corrected chi connectivity index (χ4v) is 2.97. The molecule has 1 saturated heterocycles. The molecule has 0 aliphatic carbocycles. The predicted molar refractivity (Wildman–Crippen MR) is 79.9 cm³/mol. The molecular formula is C15H18BrNO3. The summed E-state index contributed by atoms with van der Waals surface area (Å²) in [4.78, 5) is 25.2. The second-order valence-corrected chi connectivity index (χ2v) is 6.18. The number of carbonyl (C=O) groups is 2. The van der Waals surface area contributed by atoms with Crippen LogP contribution in [0.1, 0.15) is 34.3 Å². The van der Waals surface area contributed by atoms with Crippen molar-refractivity contribution in [3.63, 3.8) is 0 Å². The molecule has 1 N–H and O–H groups in total. The van der Waals surface area contributed by atoms with E-state index in [1.807, 2.05) is 26.0 Å². The summed E-state index contributed by atoms with van der Waals surface area (Å²) in [5.74, 6) is -1.07. The number of likely N-dealkylation sites (tertiary alicyclic amines) is 1. The first-order chi connectivity index (χ1) is 9.40. The van der Waals surface area contributed by atoms with E-state index in [0.717, 1.165) is 15.6 Å². The lowest BCUT2D eigenvalue weighted by atomic mass is 9.96. The van der Waals surface area contributed by atoms with Crippen molar-refractivity contribution in [1.29, 1.82) is 0 Å². The third-order valence-corrected chi connectivity index (χ3v) is 4.72. The molecule has 0 bridgehead atoms. The lowest BCUT2D eigenvalue weighted by Crippen LogP contribution is -2.40. The van der Waals surface area contributed by atoms with E-state index in [1.54, 1.807) is 4.90 Å². The first-order valence-electron chi connectivity index (χ1n) is 6.69. The van der Waals surface area contributed by atoms with Gasteiger partial charge in [-0.25, -0.2) is 0 Å². The van der Waals surface area contributed by atoms with Gasteiger partial charge in [-0.1, -0.05) is 15.9 Å². The van der Waals surface area contributed by atoms with Crippen molar-refractivity contribution in [3.05, 3.63) is 33.3 Å². The smallest absolute Gasteiger partial charge is 0.306 e. The Balaban J connectivity index is 2.13. The van der Waals surface area contributed by atoms with Crippen LogP contribution in [0.5, 0.6) is 0 Å². The maximum atomic E-state index is 12.5. The minimum absolute atomic E-state index is 0.00180. The van der Waals surface area contributed by atoms with Gasteiger partial charge in [0.05, 0.1) is 5.92 Å². The topological polar surface area (TPSA) is 57.6 Å². The van der Waals surface area contributed by atoms with Crippen LogP contribution in [-0.4, -0.2) is 35.0 Å². The lowest BCUT2D eigenvalue weighted by Gasteiger charge is -2.30. The highest BCUT2D eigenvalue weighted by Crippen LogP contribution is 2.24. The first kappa shape index (κ1) is 15.0. The number of benzene rings is 1. The van der Waals surface area contributed by atoms with Crippen LogP contribution in [0.2, 0.25) is 0 Å². The molecule has 1 aromatic carbocycles. The molecule has 0 saturated carbocycles. The number of piperidine rings is 1. The van der Waals surface area contributed by atoms with Crippen molar-refractivity contribution in [1.82, 2.24) is 4.90 Å². The maximum Gasteiger partial charge on any atom is 0.306 e. The number of hydrogen-bond acceptors (Lipinski definition) is 2. The summed E-state index contributed by atoms with van der Waals surface area (Å²) in [7, 11) is 0. The zero-order valence-corrected chi connectivity index (χ0v) is 13.2. The van der Waals surface area contributed by atoms with Gasteiger partial charge in [0.25, 0.3) is 5.91 Å². The minimum Gasteiger partial charge on any atom is -0.481 e. The molecule has 2 rings (SSSR count). The normalized spacial score (nSPS) is 16.2. The Bertz CT molecular complexity index is 548. The molecule has 0 atom stereocenters. The van der Waals surface area contributed by atoms with Crippen molar-refractivity contribution in [2.24, 2.45) is 5.92 Å². The predicted octanol–water partition coefficient (Wildman–Crippen LogP) is 3.00. The van der Waals surface area contributed by atoms with Crippen LogP contribution in [-0.2, 0) is 4.79 Å². The average Bonchev–Trinajstić information content (AvgIpc) is 2.42. The van der Waals surface area contributed by atoms with E-state index < -0.39 is 5.97 Å². The number of nitrogens with zero attached hydrogens (tertiary/aromatic N) is 1. The minimum atomic E-state index is -0.757. The summed E-state index contributed by atoms with van der Waals surface area (Å²) in [6.45, 7) is 4.91. The molecule has 20 heavy (non-hydrogen) atoms. The van der Waals surface area contributed by atoms with Gasteiger partial charge in [-0.15, -0.1) is 0 Å². The molecule has 1 amide bonds. The number of carboxylic acids is 1. The van der Waals surface area contributed by atoms with Crippen LogP contribution < -0.4 is 0 Å². The third kappa shape index (κ3) is 3.03. The number of rotatable bonds is 2. The van der Waals surface area contributed by atoms with Crippen LogP contribution in [0, 0.1) is 19.8 Å². The summed E-state index contributed by atoms with van der Waals surface area (Å²) < 4.78 is 0.996. The van der Waals surface area contributed by atoms with Gasteiger partial charge in [0.2, 0.25) is 0 Å². The number of aliphatic carboxylic acids is 1. The molecular weight excluding hydrogens is 322 g/mol. The van der Waals surface area contributed by atoms with Crippen LogP contribution in [0.3, 0.4) is 0 Å². The van der Waals surface area contributed by atoms with E-state index in [4.69, 9.17) is 5.11 Å². The molecule has 108 valence electrons. The second-order valence-electron chi connectivity index (χ2n) is 5.32. The quantitative estimate of drug-likeness (QED) is 0.900. The van der Waals surface area contributed by atoms with Crippen LogP contribution in [0.4, 0.5) is 0 Å². The number of amides is 1. The van der Waals surface area contributed by atoms with Crippen molar-refractivity contribution < 1.29 is 14.7 Å². The highest BCUT2D eigenvalue weighted by Gasteiger charge is 2.28. The molecule has 1 aliphatic heterocycles. The van der Waals surface area contributed by atoms with Crippen LogP contribution in [0.25, 0.3) is 0 Å². The monoisotopic (exact) mass is 339 g/mol. The van der Waals surface area contributed by atoms with Gasteiger partial charge < -0.3 is 10.0 Å². The zero-order chi connectivity index (χ0) is 14.9. The van der Waals surface area contributed by atoms with Crippen molar-refractivity contribution >= 4 is 27.8 Å². The SMILES string of the molecule is Cc1cc(C(=O)N2CCC(C(=O)O)CC2)c(C)cc1Br. The molecule has 4 nitrogen and oxygen atoms in total. The van der Waals surface area contributed by atoms with Gasteiger partial charge in [-0.2, -0.15) is 0 Å². The summed E-state index contributed by atoms with van der Waals surface area (Å²) in [5, 5.41) is 8.98. The Morgan fingerprint density at radius 3 is 2.35 bits per heavy atom. The fraction of sp³-hybridized carbons (Fsp3) is 0.467. The van der Waals surface area contributed by atoms with Crippen LogP contribution >= 0.6 is 15.9 Å². The van der Waals surface area contributed by atoms with E-state index in [9.17, 15) is 9.59 Å². The Labute approximate surface area is 126 Å². The average molecular weight is 340 g/mol. The Kier molecular flexibility index (Phi) is 4.48. The Hall–Kier alpha value is -1.36. The van der Waals surface area contributed by atoms with Gasteiger partial charge in [-0.3, -0.25) is 9.59 Å². The van der Waals surface area contributed by atoms with E-state index in [1.165, 1.54) is 0 Å². The summed E-state index contributed by atoms with van der Waals surface area (Å²) in [6, 6.07) is 3.84. The van der Waals surface area contributed by atoms with Gasteiger partial charge in [-0.05, 0) is 49.9 Å². The third-order valence-electron chi connectivity index (χ3n) is 3.87. The molecule has 0 radical (unpaired) electrons. The van der Waals surface area contributed by atoms with E-state index in [-0.39, 0.29) is 11.8 Å². The molecule has 1 aliphatic rings. The second kappa shape index (κ2) is 5.95. The van der Waals surface area contributed by atoms with E-state index >= 15 is 0 Å². The van der Waals surface area contributed by atoms with Crippen molar-refractivity contribution in [3.8, 4) is 0 Å². The molecule has 0 spiro atoms. The van der Waals surface area contributed by atoms with Crippen LogP contribution in [0.15, 0.2) is 16.6 Å². The number of carboxylic acid groups (broad SMARTS) is 1. The first-order valence-corrected chi connectivity index (χ1v) is 7.48. The summed E-state index contributed by atoms with van der Waals surface area (Å²) in [6.07, 6.45) is 1.07. The Morgan fingerprint density at radius 2 is 1.80 bits per heavy atom. The van der Waals surface area contributed by atoms with E-state index in [2.05, 4.69) is 15.9 Å². The van der Waals surface area contributed by atoms with Gasteiger partial charge in [0, 0.05) is 23.1 Å². The number of carbonyl (C=O) groups excluding carboxylic acids is 1. The molecule has 1 fully saturated rings. The fourth-order valence-electron chi connectivity index (χ4n) is 2.51. The molecule has 5 heteroatoms. The zero-order valence-electron chi connectivity index (χ0n) is 11.6. The largest absolute Gasteiger partial charge is 0.481 e. The van der Waals surface area contributed by atoms with Crippen molar-refractivity contribution in [2.75, 3.05) is 13.1 Å². The van der Waals surface area contributed by atoms with Gasteiger partial charge in [0.15, 0.2) is 0 Å². The van der Waals surface area contributed by atoms with Gasteiger partial charge >= 0.3 is 5.97 Å². The lowest BCUT2D eigenvalue weighted by molar-refractivity contribution is -0.143. The molecule has 1 heterocycles. The molecule has 0 unspecified atom stereocenters. The summed E-state index contributed by atoms with van der Waals surface area (Å²) >= 11 is 3.46. The number of halogens is 1. The summed E-state index contributed by atoms with van der Waals surface area (Å²) in [5.41, 5.74) is 2.67. The number of aryl methyl sites for hydroxylation is 2. The highest BCUT2D eigenvalue weighted by atomic mass is 79.9. The molecule has 1 aromatic rings. The van der Waals surface area contributed by atoms with E-state index in [0.29, 0.717) is 31.5 Å². The Morgan fingerprint density at radius 1 is 1.20 bits per heavy atom. The molecule has 0 aromatic heterocycles. The standard InChI is InChI=1S/C15H18BrNO3/c1-9-8-13(16)10(2)7-12(9)14(18)17-5-3-11(4-6-17)15(19)20/h7-8,11H,3-6H2,1-2H3,(H,19,20). The van der Waals surface area contributed by atoms with Crippen molar-refractivity contribution in [2.45, 2.75) is 26.7 Å².